The maximum atomic E-state index is 5.93. The number of nitrogens with zero attached hydrogens (tertiary/aromatic N) is 4. The van der Waals surface area contributed by atoms with Crippen LogP contribution in [0.25, 0.3) is 0 Å². The van der Waals surface area contributed by atoms with Gasteiger partial charge in [-0.05, 0) is 43.3 Å². The number of fused-ring (bicyclic) bond motifs is 1. The second-order valence-electron chi connectivity index (χ2n) is 5.85. The Bertz CT molecular complexity index is 623. The Labute approximate surface area is 127 Å². The summed E-state index contributed by atoms with van der Waals surface area (Å²) in [5.74, 6) is 2.34. The lowest BCUT2D eigenvalue weighted by Crippen LogP contribution is -2.31. The second kappa shape index (κ2) is 5.55. The fourth-order valence-corrected chi connectivity index (χ4v) is 3.03. The smallest absolute Gasteiger partial charge is 0.209 e. The maximum Gasteiger partial charge on any atom is 0.209 e. The molecule has 0 unspecified atom stereocenters. The number of para-hydroxylation sites is 2. The summed E-state index contributed by atoms with van der Waals surface area (Å²) >= 11 is 1.58. The summed E-state index contributed by atoms with van der Waals surface area (Å²) in [5.41, 5.74) is -0.137. The van der Waals surface area contributed by atoms with E-state index in [1.54, 1.807) is 11.8 Å². The van der Waals surface area contributed by atoms with Crippen LogP contribution in [0.15, 0.2) is 29.4 Å². The Balaban J connectivity index is 1.64. The predicted molar refractivity (Wildman–Crippen MR) is 79.9 cm³/mol. The Morgan fingerprint density at radius 1 is 1.29 bits per heavy atom. The zero-order valence-electron chi connectivity index (χ0n) is 12.3. The van der Waals surface area contributed by atoms with E-state index in [4.69, 9.17) is 9.47 Å². The molecule has 21 heavy (non-hydrogen) atoms. The molecule has 0 spiro atoms. The van der Waals surface area contributed by atoms with Crippen LogP contribution in [0.3, 0.4) is 0 Å². The van der Waals surface area contributed by atoms with Crippen molar-refractivity contribution in [2.45, 2.75) is 37.6 Å². The number of thioether (sulfide) groups is 1. The van der Waals surface area contributed by atoms with Gasteiger partial charge in [-0.25, -0.2) is 4.68 Å². The molecule has 0 amide bonds. The Morgan fingerprint density at radius 2 is 2.05 bits per heavy atom. The van der Waals surface area contributed by atoms with Crippen molar-refractivity contribution in [2.75, 3.05) is 12.4 Å². The molecule has 7 heteroatoms. The summed E-state index contributed by atoms with van der Waals surface area (Å²) < 4.78 is 13.5. The molecule has 112 valence electrons. The first kappa shape index (κ1) is 14.2. The Hall–Kier alpha value is -1.76. The highest BCUT2D eigenvalue weighted by atomic mass is 32.2. The summed E-state index contributed by atoms with van der Waals surface area (Å²) in [7, 11) is 0. The number of ether oxygens (including phenoxy) is 2. The van der Waals surface area contributed by atoms with Gasteiger partial charge in [0.25, 0.3) is 0 Å². The van der Waals surface area contributed by atoms with Gasteiger partial charge in [-0.2, -0.15) is 0 Å². The zero-order valence-corrected chi connectivity index (χ0v) is 13.1. The third kappa shape index (κ3) is 3.12. The highest BCUT2D eigenvalue weighted by Gasteiger charge is 2.24. The van der Waals surface area contributed by atoms with Crippen LogP contribution in [-0.4, -0.2) is 38.7 Å². The van der Waals surface area contributed by atoms with Gasteiger partial charge in [-0.3, -0.25) is 0 Å². The van der Waals surface area contributed by atoms with Crippen LogP contribution in [0.5, 0.6) is 11.5 Å². The molecule has 0 radical (unpaired) electrons. The normalized spacial score (nSPS) is 17.8. The van der Waals surface area contributed by atoms with Crippen molar-refractivity contribution in [3.05, 3.63) is 24.3 Å². The first-order chi connectivity index (χ1) is 10.0. The molecule has 2 aromatic rings. The molecule has 2 heterocycles. The molecule has 1 aromatic heterocycles. The van der Waals surface area contributed by atoms with Crippen molar-refractivity contribution in [3.8, 4) is 11.5 Å². The summed E-state index contributed by atoms with van der Waals surface area (Å²) in [6.45, 7) is 6.76. The van der Waals surface area contributed by atoms with E-state index < -0.39 is 0 Å². The van der Waals surface area contributed by atoms with Crippen LogP contribution in [0.2, 0.25) is 0 Å². The van der Waals surface area contributed by atoms with Gasteiger partial charge in [0.15, 0.2) is 11.5 Å². The topological polar surface area (TPSA) is 62.1 Å². The molecule has 1 atom stereocenters. The molecule has 1 aliphatic heterocycles. The van der Waals surface area contributed by atoms with Gasteiger partial charge in [0.05, 0.1) is 5.54 Å². The van der Waals surface area contributed by atoms with E-state index in [0.717, 1.165) is 22.4 Å². The fourth-order valence-electron chi connectivity index (χ4n) is 2.00. The second-order valence-corrected chi connectivity index (χ2v) is 6.84. The van der Waals surface area contributed by atoms with Crippen molar-refractivity contribution >= 4 is 11.8 Å². The zero-order chi connectivity index (χ0) is 14.9. The lowest BCUT2D eigenvalue weighted by molar-refractivity contribution is 0.107. The monoisotopic (exact) mass is 306 g/mol. The standard InChI is InChI=1S/C14H18N4O2S/c1-14(2,3)18-13(15-16-17-18)21-9-10-8-19-11-6-4-5-7-12(11)20-10/h4-7,10H,8-9H2,1-3H3/t10-/m0/s1. The summed E-state index contributed by atoms with van der Waals surface area (Å²) in [4.78, 5) is 0. The molecular weight excluding hydrogens is 288 g/mol. The van der Waals surface area contributed by atoms with E-state index in [9.17, 15) is 0 Å². The molecule has 1 aromatic carbocycles. The van der Waals surface area contributed by atoms with E-state index in [1.165, 1.54) is 0 Å². The van der Waals surface area contributed by atoms with Crippen LogP contribution in [0, 0.1) is 0 Å². The molecule has 0 saturated carbocycles. The van der Waals surface area contributed by atoms with E-state index in [1.807, 2.05) is 28.9 Å². The summed E-state index contributed by atoms with van der Waals surface area (Å²) in [6.07, 6.45) is -0.00461. The molecule has 3 rings (SSSR count). The molecule has 0 fully saturated rings. The third-order valence-electron chi connectivity index (χ3n) is 3.04. The van der Waals surface area contributed by atoms with E-state index in [0.29, 0.717) is 6.61 Å². The number of rotatable bonds is 3. The van der Waals surface area contributed by atoms with E-state index >= 15 is 0 Å². The van der Waals surface area contributed by atoms with Gasteiger partial charge >= 0.3 is 0 Å². The molecule has 6 nitrogen and oxygen atoms in total. The molecule has 0 bridgehead atoms. The van der Waals surface area contributed by atoms with Gasteiger partial charge in [0.1, 0.15) is 12.7 Å². The van der Waals surface area contributed by atoms with Crippen molar-refractivity contribution < 1.29 is 9.47 Å². The first-order valence-corrected chi connectivity index (χ1v) is 7.83. The molecule has 0 aliphatic carbocycles. The minimum absolute atomic E-state index is 0.00461. The highest BCUT2D eigenvalue weighted by Crippen LogP contribution is 2.32. The van der Waals surface area contributed by atoms with Crippen LogP contribution >= 0.6 is 11.8 Å². The molecule has 1 aliphatic rings. The minimum Gasteiger partial charge on any atom is -0.486 e. The number of aromatic nitrogens is 4. The van der Waals surface area contributed by atoms with Crippen LogP contribution < -0.4 is 9.47 Å². The highest BCUT2D eigenvalue weighted by molar-refractivity contribution is 7.99. The van der Waals surface area contributed by atoms with Crippen molar-refractivity contribution in [2.24, 2.45) is 0 Å². The fraction of sp³-hybridized carbons (Fsp3) is 0.500. The van der Waals surface area contributed by atoms with Crippen LogP contribution in [-0.2, 0) is 5.54 Å². The van der Waals surface area contributed by atoms with E-state index in [-0.39, 0.29) is 11.6 Å². The number of hydrogen-bond donors (Lipinski definition) is 0. The first-order valence-electron chi connectivity index (χ1n) is 6.84. The lowest BCUT2D eigenvalue weighted by atomic mass is 10.1. The number of hydrogen-bond acceptors (Lipinski definition) is 6. The van der Waals surface area contributed by atoms with Gasteiger partial charge in [-0.15, -0.1) is 5.10 Å². The van der Waals surface area contributed by atoms with E-state index in [2.05, 4.69) is 36.3 Å². The summed E-state index contributed by atoms with van der Waals surface area (Å²) in [5, 5.41) is 12.7. The quantitative estimate of drug-likeness (QED) is 0.811. The largest absolute Gasteiger partial charge is 0.486 e. The van der Waals surface area contributed by atoms with Crippen LogP contribution in [0.1, 0.15) is 20.8 Å². The van der Waals surface area contributed by atoms with Crippen molar-refractivity contribution in [1.29, 1.82) is 0 Å². The maximum absolute atomic E-state index is 5.93. The molecular formula is C14H18N4O2S. The average Bonchev–Trinajstić information content (AvgIpc) is 2.93. The minimum atomic E-state index is -0.137. The molecule has 0 N–H and O–H groups in total. The summed E-state index contributed by atoms with van der Waals surface area (Å²) in [6, 6.07) is 7.72. The van der Waals surface area contributed by atoms with Crippen LogP contribution in [0.4, 0.5) is 0 Å². The number of tetrazole rings is 1. The van der Waals surface area contributed by atoms with Gasteiger partial charge in [0, 0.05) is 5.75 Å². The average molecular weight is 306 g/mol. The Kier molecular flexibility index (Phi) is 3.75. The van der Waals surface area contributed by atoms with Gasteiger partial charge in [-0.1, -0.05) is 23.9 Å². The van der Waals surface area contributed by atoms with Crippen molar-refractivity contribution in [1.82, 2.24) is 20.2 Å². The predicted octanol–water partition coefficient (Wildman–Crippen LogP) is 2.36. The lowest BCUT2D eigenvalue weighted by Gasteiger charge is -2.26. The van der Waals surface area contributed by atoms with Crippen molar-refractivity contribution in [3.63, 3.8) is 0 Å². The number of benzene rings is 1. The molecule has 0 saturated heterocycles. The van der Waals surface area contributed by atoms with Gasteiger partial charge in [0.2, 0.25) is 5.16 Å². The van der Waals surface area contributed by atoms with Gasteiger partial charge < -0.3 is 9.47 Å². The SMILES string of the molecule is CC(C)(C)n1nnnc1SC[C@@H]1COc2ccccc2O1. The third-order valence-corrected chi connectivity index (χ3v) is 4.09. The Morgan fingerprint density at radius 3 is 2.81 bits per heavy atom.